The summed E-state index contributed by atoms with van der Waals surface area (Å²) < 4.78 is 10.6. The summed E-state index contributed by atoms with van der Waals surface area (Å²) in [6.07, 6.45) is 0.0238. The molecular weight excluding hydrogens is 450 g/mol. The standard InChI is InChI=1S/C25H31N5O3S/c1-5-28-23(31)15-21-25(27)30(16(2)26)22-11-8-18(33-4)14-20(22)24(29-21)17-6-9-19(10-7-17)34-13-12-32-3/h6-11,14,21,26-27H,5,12-13,15H2,1-4H3,(H,28,31)/t21-/m0/s1. The average Bonchev–Trinajstić information content (AvgIpc) is 2.94. The van der Waals surface area contributed by atoms with Crippen LogP contribution in [0.4, 0.5) is 5.69 Å². The number of benzodiazepines with no additional fused rings is 1. The molecular formula is C25H31N5O3S. The van der Waals surface area contributed by atoms with Crippen LogP contribution >= 0.6 is 11.8 Å². The quantitative estimate of drug-likeness (QED) is 0.217. The number of benzene rings is 2. The van der Waals surface area contributed by atoms with Crippen molar-refractivity contribution in [2.45, 2.75) is 31.2 Å². The zero-order valence-electron chi connectivity index (χ0n) is 20.0. The molecule has 2 aromatic carbocycles. The molecule has 1 aliphatic heterocycles. The maximum atomic E-state index is 12.4. The first kappa shape index (κ1) is 25.5. The summed E-state index contributed by atoms with van der Waals surface area (Å²) in [5.74, 6) is 1.59. The number of ether oxygens (including phenoxy) is 2. The van der Waals surface area contributed by atoms with Gasteiger partial charge in [0, 0.05) is 35.4 Å². The number of hydrogen-bond acceptors (Lipinski definition) is 7. The number of anilines is 1. The maximum absolute atomic E-state index is 12.4. The fraction of sp³-hybridized carbons (Fsp3) is 0.360. The SMILES string of the molecule is CCNC(=O)C[C@@H]1N=C(c2ccc(SCCOC)cc2)c2cc(OC)ccc2N(C(C)=N)C1=N. The van der Waals surface area contributed by atoms with Crippen LogP contribution in [-0.4, -0.2) is 62.5 Å². The Balaban J connectivity index is 2.12. The van der Waals surface area contributed by atoms with Crippen molar-refractivity contribution in [2.24, 2.45) is 4.99 Å². The van der Waals surface area contributed by atoms with Crippen LogP contribution in [0.3, 0.4) is 0 Å². The van der Waals surface area contributed by atoms with Crippen LogP contribution in [-0.2, 0) is 9.53 Å². The maximum Gasteiger partial charge on any atom is 0.222 e. The number of carbonyl (C=O) groups is 1. The molecule has 0 unspecified atom stereocenters. The number of carbonyl (C=O) groups excluding carboxylic acids is 1. The molecule has 1 amide bonds. The van der Waals surface area contributed by atoms with Gasteiger partial charge in [0.2, 0.25) is 5.91 Å². The number of aliphatic imine (C=N–C) groups is 1. The number of nitrogens with zero attached hydrogens (tertiary/aromatic N) is 2. The van der Waals surface area contributed by atoms with Crippen molar-refractivity contribution in [3.05, 3.63) is 53.6 Å². The molecule has 1 atom stereocenters. The Bertz CT molecular complexity index is 1080. The van der Waals surface area contributed by atoms with Gasteiger partial charge in [-0.2, -0.15) is 0 Å². The largest absolute Gasteiger partial charge is 0.497 e. The van der Waals surface area contributed by atoms with Crippen LogP contribution in [0.15, 0.2) is 52.4 Å². The Labute approximate surface area is 204 Å². The molecule has 0 fully saturated rings. The number of rotatable bonds is 9. The summed E-state index contributed by atoms with van der Waals surface area (Å²) in [6, 6.07) is 12.8. The van der Waals surface area contributed by atoms with Crippen molar-refractivity contribution in [3.8, 4) is 5.75 Å². The van der Waals surface area contributed by atoms with E-state index in [-0.39, 0.29) is 24.0 Å². The lowest BCUT2D eigenvalue weighted by Gasteiger charge is -2.26. The van der Waals surface area contributed by atoms with E-state index in [0.29, 0.717) is 30.3 Å². The van der Waals surface area contributed by atoms with Crippen molar-refractivity contribution in [1.82, 2.24) is 5.32 Å². The molecule has 8 nitrogen and oxygen atoms in total. The number of methoxy groups -OCH3 is 2. The molecule has 0 bridgehead atoms. The molecule has 2 aromatic rings. The zero-order chi connectivity index (χ0) is 24.7. The van der Waals surface area contributed by atoms with Crippen molar-refractivity contribution in [1.29, 1.82) is 10.8 Å². The van der Waals surface area contributed by atoms with Crippen LogP contribution in [0.2, 0.25) is 0 Å². The highest BCUT2D eigenvalue weighted by Crippen LogP contribution is 2.33. The number of hydrogen-bond donors (Lipinski definition) is 3. The van der Waals surface area contributed by atoms with Crippen LogP contribution in [0, 0.1) is 10.8 Å². The van der Waals surface area contributed by atoms with Gasteiger partial charge in [-0.1, -0.05) is 12.1 Å². The van der Waals surface area contributed by atoms with E-state index < -0.39 is 6.04 Å². The lowest BCUT2D eigenvalue weighted by Crippen LogP contribution is -2.42. The minimum Gasteiger partial charge on any atom is -0.497 e. The normalized spacial score (nSPS) is 15.3. The molecule has 0 saturated heterocycles. The summed E-state index contributed by atoms with van der Waals surface area (Å²) in [6.45, 7) is 4.66. The first-order chi connectivity index (χ1) is 16.4. The van der Waals surface area contributed by atoms with Gasteiger partial charge in [0.05, 0.1) is 31.5 Å². The molecule has 180 valence electrons. The Morgan fingerprint density at radius 1 is 1.21 bits per heavy atom. The molecule has 0 radical (unpaired) electrons. The van der Waals surface area contributed by atoms with Crippen LogP contribution in [0.25, 0.3) is 0 Å². The topological polar surface area (TPSA) is 111 Å². The second-order valence-electron chi connectivity index (χ2n) is 7.71. The van der Waals surface area contributed by atoms with E-state index in [9.17, 15) is 4.79 Å². The smallest absolute Gasteiger partial charge is 0.222 e. The summed E-state index contributed by atoms with van der Waals surface area (Å²) >= 11 is 1.71. The number of nitrogens with one attached hydrogen (secondary N) is 3. The number of thioether (sulfide) groups is 1. The van der Waals surface area contributed by atoms with Crippen molar-refractivity contribution in [2.75, 3.05) is 38.0 Å². The monoisotopic (exact) mass is 481 g/mol. The first-order valence-corrected chi connectivity index (χ1v) is 12.1. The lowest BCUT2D eigenvalue weighted by molar-refractivity contribution is -0.121. The lowest BCUT2D eigenvalue weighted by atomic mass is 9.99. The van der Waals surface area contributed by atoms with E-state index in [0.717, 1.165) is 21.8 Å². The van der Waals surface area contributed by atoms with Crippen LogP contribution in [0.1, 0.15) is 31.4 Å². The van der Waals surface area contributed by atoms with Gasteiger partial charge in [-0.05, 0) is 44.2 Å². The van der Waals surface area contributed by atoms with Gasteiger partial charge in [-0.25, -0.2) is 0 Å². The minimum atomic E-state index is -0.740. The second-order valence-corrected chi connectivity index (χ2v) is 8.87. The van der Waals surface area contributed by atoms with E-state index >= 15 is 0 Å². The molecule has 3 N–H and O–H groups in total. The summed E-state index contributed by atoms with van der Waals surface area (Å²) in [7, 11) is 3.29. The third kappa shape index (κ3) is 5.84. The zero-order valence-corrected chi connectivity index (χ0v) is 20.8. The highest BCUT2D eigenvalue weighted by Gasteiger charge is 2.32. The summed E-state index contributed by atoms with van der Waals surface area (Å²) in [5.41, 5.74) is 2.93. The molecule has 0 aliphatic carbocycles. The minimum absolute atomic E-state index is 0.0238. The summed E-state index contributed by atoms with van der Waals surface area (Å²) in [4.78, 5) is 20.0. The van der Waals surface area contributed by atoms with Crippen molar-refractivity contribution < 1.29 is 14.3 Å². The Morgan fingerprint density at radius 2 is 1.94 bits per heavy atom. The fourth-order valence-corrected chi connectivity index (χ4v) is 4.54. The van der Waals surface area contributed by atoms with E-state index in [1.807, 2.05) is 43.3 Å². The Hall–Kier alpha value is -3.17. The van der Waals surface area contributed by atoms with Gasteiger partial charge in [0.1, 0.15) is 23.5 Å². The molecule has 0 spiro atoms. The third-order valence-corrected chi connectivity index (χ3v) is 6.29. The van der Waals surface area contributed by atoms with Gasteiger partial charge in [0.15, 0.2) is 0 Å². The fourth-order valence-electron chi connectivity index (χ4n) is 3.72. The predicted octanol–water partition coefficient (Wildman–Crippen LogP) is 3.96. The van der Waals surface area contributed by atoms with E-state index in [1.165, 1.54) is 0 Å². The van der Waals surface area contributed by atoms with Gasteiger partial charge in [-0.15, -0.1) is 11.8 Å². The van der Waals surface area contributed by atoms with Gasteiger partial charge >= 0.3 is 0 Å². The highest BCUT2D eigenvalue weighted by atomic mass is 32.2. The third-order valence-electron chi connectivity index (χ3n) is 5.31. The molecule has 3 rings (SSSR count). The van der Waals surface area contributed by atoms with Gasteiger partial charge in [0.25, 0.3) is 0 Å². The number of amidine groups is 2. The van der Waals surface area contributed by atoms with Crippen molar-refractivity contribution in [3.63, 3.8) is 0 Å². The Kier molecular flexibility index (Phi) is 8.84. The molecule has 1 heterocycles. The van der Waals surface area contributed by atoms with Gasteiger partial charge < -0.3 is 14.8 Å². The van der Waals surface area contributed by atoms with Gasteiger partial charge in [-0.3, -0.25) is 25.5 Å². The molecule has 1 aliphatic rings. The first-order valence-electron chi connectivity index (χ1n) is 11.1. The molecule has 0 saturated carbocycles. The number of fused-ring (bicyclic) bond motifs is 1. The second kappa shape index (κ2) is 11.8. The van der Waals surface area contributed by atoms with Crippen LogP contribution in [0.5, 0.6) is 5.75 Å². The van der Waals surface area contributed by atoms with E-state index in [1.54, 1.807) is 43.9 Å². The average molecular weight is 482 g/mol. The molecule has 0 aromatic heterocycles. The highest BCUT2D eigenvalue weighted by molar-refractivity contribution is 7.99. The number of amides is 1. The van der Waals surface area contributed by atoms with Crippen molar-refractivity contribution >= 4 is 40.7 Å². The predicted molar refractivity (Wildman–Crippen MR) is 138 cm³/mol. The van der Waals surface area contributed by atoms with E-state index in [4.69, 9.17) is 25.3 Å². The molecule has 9 heteroatoms. The van der Waals surface area contributed by atoms with E-state index in [2.05, 4.69) is 5.32 Å². The van der Waals surface area contributed by atoms with Crippen LogP contribution < -0.4 is 15.0 Å². The summed E-state index contributed by atoms with van der Waals surface area (Å²) in [5, 5.41) is 20.0. The molecule has 34 heavy (non-hydrogen) atoms. The Morgan fingerprint density at radius 3 is 2.56 bits per heavy atom.